The van der Waals surface area contributed by atoms with Crippen molar-refractivity contribution < 1.29 is 37.3 Å². The lowest BCUT2D eigenvalue weighted by molar-refractivity contribution is -0.187. The van der Waals surface area contributed by atoms with Crippen LogP contribution < -0.4 is 14.2 Å². The smallest absolute Gasteiger partial charge is 0.430 e. The van der Waals surface area contributed by atoms with Crippen LogP contribution in [0.25, 0.3) is 6.08 Å². The van der Waals surface area contributed by atoms with Crippen LogP contribution in [-0.4, -0.2) is 36.6 Å². The average molecular weight is 302 g/mol. The van der Waals surface area contributed by atoms with E-state index in [1.165, 1.54) is 12.1 Å². The van der Waals surface area contributed by atoms with Crippen LogP contribution in [0.4, 0.5) is 13.2 Å². The van der Waals surface area contributed by atoms with Crippen LogP contribution in [0.15, 0.2) is 17.7 Å². The Morgan fingerprint density at radius 1 is 1.14 bits per heavy atom. The van der Waals surface area contributed by atoms with Gasteiger partial charge in [-0.15, -0.1) is 0 Å². The summed E-state index contributed by atoms with van der Waals surface area (Å²) >= 11 is 0. The fourth-order valence-corrected chi connectivity index (χ4v) is 2.15. The second-order valence-corrected chi connectivity index (χ2v) is 4.48. The lowest BCUT2D eigenvalue weighted by Crippen LogP contribution is -2.40. The Morgan fingerprint density at radius 2 is 1.76 bits per heavy atom. The molecule has 1 N–H and O–H groups in total. The number of carboxylic acids is 1. The number of hydrogen-bond acceptors (Lipinski definition) is 4. The van der Waals surface area contributed by atoms with Crippen molar-refractivity contribution in [3.63, 3.8) is 0 Å². The lowest BCUT2D eigenvalue weighted by Gasteiger charge is -2.28. The van der Waals surface area contributed by atoms with Crippen molar-refractivity contribution in [1.82, 2.24) is 0 Å². The third kappa shape index (κ3) is 2.37. The molecule has 0 spiro atoms. The van der Waals surface area contributed by atoms with E-state index in [1.807, 2.05) is 0 Å². The molecule has 8 heteroatoms. The van der Waals surface area contributed by atoms with Crippen molar-refractivity contribution >= 4 is 12.0 Å². The average Bonchev–Trinajstić information content (AvgIpc) is 2.42. The van der Waals surface area contributed by atoms with Crippen molar-refractivity contribution in [1.29, 1.82) is 0 Å². The molecule has 1 atom stereocenters. The highest BCUT2D eigenvalue weighted by Gasteiger charge is 2.48. The van der Waals surface area contributed by atoms with E-state index in [-0.39, 0.29) is 23.7 Å². The molecule has 21 heavy (non-hydrogen) atoms. The molecule has 0 bridgehead atoms. The van der Waals surface area contributed by atoms with E-state index in [2.05, 4.69) is 0 Å². The van der Waals surface area contributed by atoms with E-state index in [0.717, 1.165) is 6.08 Å². The first-order valence-electron chi connectivity index (χ1n) is 5.98. The highest BCUT2D eigenvalue weighted by atomic mass is 19.4. The van der Waals surface area contributed by atoms with E-state index in [9.17, 15) is 18.0 Å². The summed E-state index contributed by atoms with van der Waals surface area (Å²) in [6.07, 6.45) is -6.39. The van der Waals surface area contributed by atoms with Crippen LogP contribution in [0, 0.1) is 0 Å². The Morgan fingerprint density at radius 3 is 2.33 bits per heavy atom. The number of aliphatic carboxylic acids is 1. The molecule has 0 amide bonds. The summed E-state index contributed by atoms with van der Waals surface area (Å²) in [6, 6.07) is 2.68. The van der Waals surface area contributed by atoms with Crippen molar-refractivity contribution in [2.24, 2.45) is 0 Å². The number of ether oxygens (including phenoxy) is 3. The van der Waals surface area contributed by atoms with Gasteiger partial charge in [0, 0.05) is 11.6 Å². The van der Waals surface area contributed by atoms with Crippen LogP contribution >= 0.6 is 0 Å². The zero-order valence-corrected chi connectivity index (χ0v) is 10.4. The Kier molecular flexibility index (Phi) is 2.96. The van der Waals surface area contributed by atoms with Gasteiger partial charge >= 0.3 is 12.1 Å². The van der Waals surface area contributed by atoms with Crippen LogP contribution in [0.5, 0.6) is 17.2 Å². The molecule has 1 unspecified atom stereocenters. The summed E-state index contributed by atoms with van der Waals surface area (Å²) in [5, 5.41) is 8.93. The van der Waals surface area contributed by atoms with Gasteiger partial charge in [-0.05, 0) is 12.1 Å². The molecule has 1 aromatic carbocycles. The Hall–Kier alpha value is -2.38. The van der Waals surface area contributed by atoms with E-state index < -0.39 is 23.8 Å². The summed E-state index contributed by atoms with van der Waals surface area (Å²) in [4.78, 5) is 11.0. The monoisotopic (exact) mass is 302 g/mol. The number of carbonyl (C=O) groups is 1. The third-order valence-electron chi connectivity index (χ3n) is 3.06. The van der Waals surface area contributed by atoms with Gasteiger partial charge in [0.25, 0.3) is 0 Å². The van der Waals surface area contributed by atoms with Gasteiger partial charge in [0.05, 0.1) is 5.57 Å². The van der Waals surface area contributed by atoms with Crippen LogP contribution in [0.1, 0.15) is 5.56 Å². The van der Waals surface area contributed by atoms with Crippen molar-refractivity contribution in [2.75, 3.05) is 13.2 Å². The van der Waals surface area contributed by atoms with E-state index in [4.69, 9.17) is 19.3 Å². The Bertz CT molecular complexity index is 635. The van der Waals surface area contributed by atoms with Crippen molar-refractivity contribution in [2.45, 2.75) is 12.3 Å². The predicted octanol–water partition coefficient (Wildman–Crippen LogP) is 2.25. The van der Waals surface area contributed by atoms with Gasteiger partial charge < -0.3 is 19.3 Å². The third-order valence-corrected chi connectivity index (χ3v) is 3.06. The van der Waals surface area contributed by atoms with Gasteiger partial charge in [0.2, 0.25) is 6.10 Å². The zero-order chi connectivity index (χ0) is 15.2. The van der Waals surface area contributed by atoms with Crippen LogP contribution in [-0.2, 0) is 4.79 Å². The SMILES string of the molecule is O=C(O)C1=Cc2cc3c(cc2OC1C(F)(F)F)OCCO3. The van der Waals surface area contributed by atoms with Crippen LogP contribution in [0.3, 0.4) is 0 Å². The van der Waals surface area contributed by atoms with E-state index in [1.54, 1.807) is 0 Å². The van der Waals surface area contributed by atoms with E-state index >= 15 is 0 Å². The normalized spacial score (nSPS) is 20.1. The predicted molar refractivity (Wildman–Crippen MR) is 63.5 cm³/mol. The molecule has 5 nitrogen and oxygen atoms in total. The minimum Gasteiger partial charge on any atom is -0.486 e. The summed E-state index contributed by atoms with van der Waals surface area (Å²) in [6.45, 7) is 0.595. The second kappa shape index (κ2) is 4.57. The summed E-state index contributed by atoms with van der Waals surface area (Å²) in [7, 11) is 0. The number of benzene rings is 1. The Balaban J connectivity index is 2.09. The molecule has 0 fully saturated rings. The number of alkyl halides is 3. The molecule has 0 radical (unpaired) electrons. The fourth-order valence-electron chi connectivity index (χ4n) is 2.15. The number of fused-ring (bicyclic) bond motifs is 2. The van der Waals surface area contributed by atoms with Gasteiger partial charge in [-0.2, -0.15) is 13.2 Å². The highest BCUT2D eigenvalue weighted by Crippen LogP contribution is 2.43. The molecule has 3 rings (SSSR count). The van der Waals surface area contributed by atoms with E-state index in [0.29, 0.717) is 12.4 Å². The maximum absolute atomic E-state index is 12.9. The molecule has 0 aromatic heterocycles. The van der Waals surface area contributed by atoms with Crippen LogP contribution in [0.2, 0.25) is 0 Å². The maximum Gasteiger partial charge on any atom is 0.430 e. The standard InChI is InChI=1S/C13H9F3O5/c14-13(15,16)11-7(12(17)18)3-6-4-9-10(5-8(6)21-11)20-2-1-19-9/h3-5,11H,1-2H2,(H,17,18). The number of carboxylic acid groups (broad SMARTS) is 1. The number of hydrogen-bond donors (Lipinski definition) is 1. The molecule has 0 saturated carbocycles. The molecular weight excluding hydrogens is 293 g/mol. The molecule has 2 aliphatic rings. The molecule has 112 valence electrons. The number of rotatable bonds is 1. The van der Waals surface area contributed by atoms with Gasteiger partial charge in [0.15, 0.2) is 11.5 Å². The molecule has 2 aliphatic heterocycles. The second-order valence-electron chi connectivity index (χ2n) is 4.48. The zero-order valence-electron chi connectivity index (χ0n) is 10.4. The first-order valence-corrected chi connectivity index (χ1v) is 5.98. The fraction of sp³-hybridized carbons (Fsp3) is 0.308. The first kappa shape index (κ1) is 13.6. The topological polar surface area (TPSA) is 65.0 Å². The minimum atomic E-state index is -4.82. The molecular formula is C13H9F3O5. The maximum atomic E-state index is 12.9. The lowest BCUT2D eigenvalue weighted by atomic mass is 10.0. The molecule has 2 heterocycles. The summed E-state index contributed by atoms with van der Waals surface area (Å²) < 4.78 is 54.1. The molecule has 1 aromatic rings. The Labute approximate surface area is 116 Å². The molecule has 0 saturated heterocycles. The summed E-state index contributed by atoms with van der Waals surface area (Å²) in [5.74, 6) is -1.16. The highest BCUT2D eigenvalue weighted by molar-refractivity contribution is 5.95. The molecule has 0 aliphatic carbocycles. The van der Waals surface area contributed by atoms with Crippen molar-refractivity contribution in [3.05, 3.63) is 23.3 Å². The quantitative estimate of drug-likeness (QED) is 0.862. The van der Waals surface area contributed by atoms with Gasteiger partial charge in [-0.1, -0.05) is 0 Å². The largest absolute Gasteiger partial charge is 0.486 e. The number of halogens is 3. The first-order chi connectivity index (χ1) is 9.86. The van der Waals surface area contributed by atoms with Crippen molar-refractivity contribution in [3.8, 4) is 17.2 Å². The van der Waals surface area contributed by atoms with Gasteiger partial charge in [-0.25, -0.2) is 4.79 Å². The van der Waals surface area contributed by atoms with Gasteiger partial charge in [0.1, 0.15) is 19.0 Å². The summed E-state index contributed by atoms with van der Waals surface area (Å²) in [5.41, 5.74) is -0.663. The van der Waals surface area contributed by atoms with Gasteiger partial charge in [-0.3, -0.25) is 0 Å². The minimum absolute atomic E-state index is 0.0911.